The van der Waals surface area contributed by atoms with Crippen LogP contribution >= 0.6 is 0 Å². The highest BCUT2D eigenvalue weighted by atomic mass is 19.1. The van der Waals surface area contributed by atoms with E-state index in [1.165, 1.54) is 16.5 Å². The molecule has 0 unspecified atom stereocenters. The third kappa shape index (κ3) is 3.64. The molecule has 1 aliphatic rings. The van der Waals surface area contributed by atoms with Gasteiger partial charge in [-0.25, -0.2) is 9.37 Å². The van der Waals surface area contributed by atoms with Crippen LogP contribution in [0.5, 0.6) is 5.75 Å². The Morgan fingerprint density at radius 1 is 1.18 bits per heavy atom. The van der Waals surface area contributed by atoms with Gasteiger partial charge in [-0.15, -0.1) is 0 Å². The number of piperazine rings is 1. The lowest BCUT2D eigenvalue weighted by molar-refractivity contribution is -0.914. The number of rotatable bonds is 5. The molecule has 1 aliphatic heterocycles. The van der Waals surface area contributed by atoms with Gasteiger partial charge in [0.1, 0.15) is 30.0 Å². The van der Waals surface area contributed by atoms with E-state index in [9.17, 15) is 9.65 Å². The van der Waals surface area contributed by atoms with E-state index in [4.69, 9.17) is 9.72 Å². The Morgan fingerprint density at radius 2 is 1.94 bits per heavy atom. The van der Waals surface area contributed by atoms with Crippen molar-refractivity contribution in [3.8, 4) is 11.8 Å². The first-order valence-electron chi connectivity index (χ1n) is 11.8. The van der Waals surface area contributed by atoms with Crippen molar-refractivity contribution in [1.82, 2.24) is 9.38 Å². The number of hydrogen-bond acceptors (Lipinski definition) is 4. The highest BCUT2D eigenvalue weighted by molar-refractivity contribution is 5.86. The summed E-state index contributed by atoms with van der Waals surface area (Å²) in [5.74, 6) is 1.65. The van der Waals surface area contributed by atoms with E-state index < -0.39 is 0 Å². The monoisotopic (exact) mass is 458 g/mol. The van der Waals surface area contributed by atoms with E-state index in [-0.39, 0.29) is 5.82 Å². The quantitative estimate of drug-likeness (QED) is 0.499. The normalized spacial score (nSPS) is 14.6. The number of nitrogens with zero attached hydrogens (tertiary/aromatic N) is 4. The fourth-order valence-electron chi connectivity index (χ4n) is 5.28. The summed E-state index contributed by atoms with van der Waals surface area (Å²) in [5.41, 5.74) is 6.42. The van der Waals surface area contributed by atoms with Gasteiger partial charge in [0.25, 0.3) is 0 Å². The summed E-state index contributed by atoms with van der Waals surface area (Å²) in [4.78, 5) is 8.66. The van der Waals surface area contributed by atoms with Crippen LogP contribution in [0.15, 0.2) is 42.5 Å². The summed E-state index contributed by atoms with van der Waals surface area (Å²) in [7, 11) is 1.63. The van der Waals surface area contributed by atoms with E-state index in [1.807, 2.05) is 25.1 Å². The Labute approximate surface area is 198 Å². The minimum atomic E-state index is -0.233. The van der Waals surface area contributed by atoms with Gasteiger partial charge in [0, 0.05) is 0 Å². The highest BCUT2D eigenvalue weighted by Crippen LogP contribution is 2.33. The first kappa shape index (κ1) is 22.2. The minimum absolute atomic E-state index is 0.233. The van der Waals surface area contributed by atoms with Gasteiger partial charge in [0.05, 0.1) is 55.4 Å². The summed E-state index contributed by atoms with van der Waals surface area (Å²) >= 11 is 0. The van der Waals surface area contributed by atoms with Crippen molar-refractivity contribution < 1.29 is 14.0 Å². The maximum Gasteiger partial charge on any atom is 0.157 e. The van der Waals surface area contributed by atoms with E-state index in [1.54, 1.807) is 19.2 Å². The van der Waals surface area contributed by atoms with Crippen LogP contribution in [0.1, 0.15) is 29.2 Å². The maximum atomic E-state index is 13.8. The van der Waals surface area contributed by atoms with Crippen molar-refractivity contribution in [2.75, 3.05) is 38.2 Å². The van der Waals surface area contributed by atoms with E-state index in [0.29, 0.717) is 5.56 Å². The number of halogens is 1. The third-order valence-electron chi connectivity index (χ3n) is 7.01. The maximum absolute atomic E-state index is 13.8. The third-order valence-corrected chi connectivity index (χ3v) is 7.01. The number of nitrogens with one attached hydrogen (secondary N) is 1. The number of imidazole rings is 1. The molecular formula is C27H29FN5O+. The molecule has 0 spiro atoms. The summed E-state index contributed by atoms with van der Waals surface area (Å²) < 4.78 is 21.5. The first-order chi connectivity index (χ1) is 16.5. The molecule has 2 aromatic heterocycles. The van der Waals surface area contributed by atoms with Crippen molar-refractivity contribution >= 4 is 22.5 Å². The average Bonchev–Trinajstić information content (AvgIpc) is 3.23. The van der Waals surface area contributed by atoms with Gasteiger partial charge in [-0.05, 0) is 54.8 Å². The van der Waals surface area contributed by atoms with Crippen LogP contribution < -0.4 is 14.5 Å². The molecule has 7 heteroatoms. The lowest BCUT2D eigenvalue weighted by Crippen LogP contribution is -3.13. The van der Waals surface area contributed by atoms with Gasteiger partial charge in [-0.1, -0.05) is 19.1 Å². The number of para-hydroxylation sites is 2. The molecule has 5 rings (SSSR count). The fraction of sp³-hybridized carbons (Fsp3) is 0.333. The van der Waals surface area contributed by atoms with Gasteiger partial charge in [-0.3, -0.25) is 4.40 Å². The van der Waals surface area contributed by atoms with Crippen LogP contribution in [0.25, 0.3) is 16.7 Å². The zero-order valence-corrected chi connectivity index (χ0v) is 19.9. The molecule has 0 aliphatic carbocycles. The predicted molar refractivity (Wildman–Crippen MR) is 131 cm³/mol. The molecule has 174 valence electrons. The molecule has 1 fully saturated rings. The summed E-state index contributed by atoms with van der Waals surface area (Å²) in [6, 6.07) is 15.2. The molecule has 0 radical (unpaired) electrons. The second-order valence-electron chi connectivity index (χ2n) is 8.90. The number of ether oxygens (including phenoxy) is 1. The largest absolute Gasteiger partial charge is 0.496 e. The highest BCUT2D eigenvalue weighted by Gasteiger charge is 2.28. The molecule has 6 nitrogen and oxygen atoms in total. The van der Waals surface area contributed by atoms with Gasteiger partial charge in [-0.2, -0.15) is 5.26 Å². The summed E-state index contributed by atoms with van der Waals surface area (Å²) in [5, 5.41) is 9.94. The van der Waals surface area contributed by atoms with Gasteiger partial charge < -0.3 is 14.5 Å². The summed E-state index contributed by atoms with van der Waals surface area (Å²) in [6.07, 6.45) is 0.839. The topological polar surface area (TPSA) is 58.0 Å². The van der Waals surface area contributed by atoms with Gasteiger partial charge in [0.15, 0.2) is 5.65 Å². The van der Waals surface area contributed by atoms with Gasteiger partial charge in [0.2, 0.25) is 0 Å². The number of hydrogen-bond donors (Lipinski definition) is 1. The van der Waals surface area contributed by atoms with Crippen molar-refractivity contribution in [1.29, 1.82) is 5.26 Å². The molecule has 2 aromatic carbocycles. The van der Waals surface area contributed by atoms with Crippen molar-refractivity contribution in [3.63, 3.8) is 0 Å². The standard InChI is InChI=1S/C27H28FN5O/c1-4-21-18(2)22(16-29)26-30-23-7-5-6-8-24(23)33(26)27(21)32-13-11-31(12-14-32)17-19-15-20(28)9-10-25(19)34-3/h5-10,15H,4,11-14,17H2,1-3H3/p+1. The average molecular weight is 459 g/mol. The Balaban J connectivity index is 1.51. The molecular weight excluding hydrogens is 429 g/mol. The van der Waals surface area contributed by atoms with Crippen LogP contribution in [-0.2, 0) is 13.0 Å². The number of pyridine rings is 1. The minimum Gasteiger partial charge on any atom is -0.496 e. The fourth-order valence-corrected chi connectivity index (χ4v) is 5.28. The molecule has 0 saturated carbocycles. The van der Waals surface area contributed by atoms with Crippen LogP contribution in [-0.4, -0.2) is 42.7 Å². The number of anilines is 1. The van der Waals surface area contributed by atoms with Crippen molar-refractivity contribution in [2.24, 2.45) is 0 Å². The zero-order chi connectivity index (χ0) is 23.8. The predicted octanol–water partition coefficient (Wildman–Crippen LogP) is 3.28. The molecule has 0 atom stereocenters. The van der Waals surface area contributed by atoms with Crippen LogP contribution in [0.2, 0.25) is 0 Å². The van der Waals surface area contributed by atoms with Crippen molar-refractivity contribution in [2.45, 2.75) is 26.8 Å². The van der Waals surface area contributed by atoms with Crippen molar-refractivity contribution in [3.05, 3.63) is 70.5 Å². The SMILES string of the molecule is CCc1c(C)c(C#N)c2nc3ccccc3n2c1N1CC[NH+](Cc2cc(F)ccc2OC)CC1. The van der Waals surface area contributed by atoms with Gasteiger partial charge >= 0.3 is 0 Å². The molecule has 1 N–H and O–H groups in total. The molecule has 34 heavy (non-hydrogen) atoms. The second kappa shape index (κ2) is 8.96. The smallest absolute Gasteiger partial charge is 0.157 e. The first-order valence-corrected chi connectivity index (χ1v) is 11.8. The molecule has 1 saturated heterocycles. The number of nitriles is 1. The number of fused-ring (bicyclic) bond motifs is 3. The lowest BCUT2D eigenvalue weighted by Gasteiger charge is -2.35. The molecule has 0 amide bonds. The van der Waals surface area contributed by atoms with E-state index >= 15 is 0 Å². The Bertz CT molecular complexity index is 1410. The second-order valence-corrected chi connectivity index (χ2v) is 8.90. The summed E-state index contributed by atoms with van der Waals surface area (Å²) in [6.45, 7) is 8.50. The van der Waals surface area contributed by atoms with E-state index in [0.717, 1.165) is 78.5 Å². The number of methoxy groups -OCH3 is 1. The van der Waals surface area contributed by atoms with Crippen LogP contribution in [0.4, 0.5) is 10.2 Å². The molecule has 4 aromatic rings. The number of benzene rings is 2. The molecule has 3 heterocycles. The molecule has 0 bridgehead atoms. The van der Waals surface area contributed by atoms with Crippen LogP contribution in [0, 0.1) is 24.1 Å². The van der Waals surface area contributed by atoms with E-state index in [2.05, 4.69) is 28.4 Å². The number of quaternary nitrogens is 1. The van der Waals surface area contributed by atoms with Crippen LogP contribution in [0.3, 0.4) is 0 Å². The lowest BCUT2D eigenvalue weighted by atomic mass is 10.0. The Hall–Kier alpha value is -3.63. The zero-order valence-electron chi connectivity index (χ0n) is 19.9. The Kier molecular flexibility index (Phi) is 5.84. The Morgan fingerprint density at radius 3 is 2.65 bits per heavy atom. The number of aromatic nitrogens is 2.